The van der Waals surface area contributed by atoms with Crippen molar-refractivity contribution in [3.63, 3.8) is 0 Å². The summed E-state index contributed by atoms with van der Waals surface area (Å²) in [5, 5.41) is 14.9. The summed E-state index contributed by atoms with van der Waals surface area (Å²) in [5.74, 6) is -0.848. The fraction of sp³-hybridized carbons (Fsp3) is 0.625. The predicted molar refractivity (Wildman–Crippen MR) is 128 cm³/mol. The number of ether oxygens (including phenoxy) is 1. The maximum Gasteiger partial charge on any atom is 0.482 e. The Labute approximate surface area is 205 Å². The number of primary amides is 1. The van der Waals surface area contributed by atoms with Crippen molar-refractivity contribution < 1.29 is 33.5 Å². The van der Waals surface area contributed by atoms with Crippen molar-refractivity contribution >= 4 is 25.0 Å². The van der Waals surface area contributed by atoms with Gasteiger partial charge in [0, 0.05) is 13.0 Å². The summed E-state index contributed by atoms with van der Waals surface area (Å²) in [6.07, 6.45) is 2.19. The number of carboxylic acids is 1. The van der Waals surface area contributed by atoms with Crippen LogP contribution in [0.5, 0.6) is 5.75 Å². The maximum atomic E-state index is 12.7. The van der Waals surface area contributed by atoms with Gasteiger partial charge in [0.05, 0.1) is 24.8 Å². The standard InChI is InChI=1S/C24H34BN3O7/c1-23(2)14-11-16(23)24(3)17(12-14)34-25(35-24)18(28-19(29)8-9-27-22(26)32)10-13-6-5-7-15(21(30)31)20(13)33-4/h5-7,14,16-18H,8-12H2,1-4H3,(H,28,29)(H,30,31)(H3,26,27,32). The summed E-state index contributed by atoms with van der Waals surface area (Å²) >= 11 is 0. The number of hydrogen-bond acceptors (Lipinski definition) is 6. The summed E-state index contributed by atoms with van der Waals surface area (Å²) in [7, 11) is 0.702. The number of nitrogens with one attached hydrogen (secondary N) is 2. The van der Waals surface area contributed by atoms with Gasteiger partial charge in [0.1, 0.15) is 11.3 Å². The second kappa shape index (κ2) is 9.35. The van der Waals surface area contributed by atoms with Gasteiger partial charge in [-0.2, -0.15) is 0 Å². The zero-order chi connectivity index (χ0) is 25.5. The summed E-state index contributed by atoms with van der Waals surface area (Å²) in [5.41, 5.74) is 5.45. The minimum absolute atomic E-state index is 0.0247. The highest BCUT2D eigenvalue weighted by molar-refractivity contribution is 6.48. The molecule has 3 aliphatic carbocycles. The van der Waals surface area contributed by atoms with E-state index in [-0.39, 0.29) is 48.1 Å². The molecule has 3 amide bonds. The van der Waals surface area contributed by atoms with Crippen LogP contribution in [0, 0.1) is 17.3 Å². The van der Waals surface area contributed by atoms with Crippen molar-refractivity contribution in [2.45, 2.75) is 64.1 Å². The molecule has 1 aromatic rings. The van der Waals surface area contributed by atoms with Crippen molar-refractivity contribution in [1.82, 2.24) is 10.6 Å². The molecule has 0 aromatic heterocycles. The van der Waals surface area contributed by atoms with E-state index in [2.05, 4.69) is 31.4 Å². The van der Waals surface area contributed by atoms with Crippen molar-refractivity contribution in [3.05, 3.63) is 29.3 Å². The first-order valence-electron chi connectivity index (χ1n) is 12.0. The third-order valence-electron chi connectivity index (χ3n) is 8.27. The Morgan fingerprint density at radius 1 is 1.29 bits per heavy atom. The number of carbonyl (C=O) groups excluding carboxylic acids is 2. The fourth-order valence-electron chi connectivity index (χ4n) is 6.26. The molecule has 5 unspecified atom stereocenters. The Morgan fingerprint density at radius 2 is 2.03 bits per heavy atom. The molecule has 10 nitrogen and oxygen atoms in total. The van der Waals surface area contributed by atoms with E-state index < -0.39 is 30.7 Å². The molecule has 4 aliphatic rings. The van der Waals surface area contributed by atoms with Gasteiger partial charge >= 0.3 is 19.1 Å². The molecule has 1 saturated heterocycles. The topological polar surface area (TPSA) is 149 Å². The van der Waals surface area contributed by atoms with Crippen molar-refractivity contribution in [2.75, 3.05) is 13.7 Å². The number of hydrogen-bond donors (Lipinski definition) is 4. The largest absolute Gasteiger partial charge is 0.496 e. The molecule has 5 N–H and O–H groups in total. The molecule has 190 valence electrons. The third-order valence-corrected chi connectivity index (χ3v) is 8.27. The monoisotopic (exact) mass is 487 g/mol. The number of aromatic carboxylic acids is 1. The molecule has 1 aliphatic heterocycles. The molecule has 0 radical (unpaired) electrons. The maximum absolute atomic E-state index is 12.7. The lowest BCUT2D eigenvalue weighted by Crippen LogP contribution is -2.65. The van der Waals surface area contributed by atoms with E-state index in [1.54, 1.807) is 12.1 Å². The molecule has 3 saturated carbocycles. The highest BCUT2D eigenvalue weighted by Crippen LogP contribution is 2.65. The molecule has 5 rings (SSSR count). The van der Waals surface area contributed by atoms with Crippen LogP contribution in [0.15, 0.2) is 18.2 Å². The average molecular weight is 487 g/mol. The van der Waals surface area contributed by atoms with Crippen LogP contribution < -0.4 is 21.1 Å². The van der Waals surface area contributed by atoms with Gasteiger partial charge in [0.2, 0.25) is 5.91 Å². The van der Waals surface area contributed by atoms with Gasteiger partial charge < -0.3 is 35.5 Å². The van der Waals surface area contributed by atoms with Gasteiger partial charge in [-0.25, -0.2) is 9.59 Å². The van der Waals surface area contributed by atoms with E-state index in [4.69, 9.17) is 19.8 Å². The average Bonchev–Trinajstić information content (AvgIpc) is 3.15. The van der Waals surface area contributed by atoms with Crippen LogP contribution in [0.1, 0.15) is 56.0 Å². The highest BCUT2D eigenvalue weighted by Gasteiger charge is 2.68. The summed E-state index contributed by atoms with van der Waals surface area (Å²) < 4.78 is 18.4. The molecular formula is C24H34BN3O7. The lowest BCUT2D eigenvalue weighted by atomic mass is 9.43. The van der Waals surface area contributed by atoms with E-state index in [0.717, 1.165) is 12.8 Å². The first-order valence-corrected chi connectivity index (χ1v) is 12.0. The van der Waals surface area contributed by atoms with E-state index in [1.807, 2.05) is 0 Å². The Balaban J connectivity index is 1.57. The van der Waals surface area contributed by atoms with E-state index in [9.17, 15) is 19.5 Å². The number of carboxylic acid groups (broad SMARTS) is 1. The predicted octanol–water partition coefficient (Wildman–Crippen LogP) is 1.75. The Bertz CT molecular complexity index is 1020. The van der Waals surface area contributed by atoms with Gasteiger partial charge in [-0.15, -0.1) is 0 Å². The third kappa shape index (κ3) is 4.59. The zero-order valence-electron chi connectivity index (χ0n) is 20.6. The molecule has 4 fully saturated rings. The van der Waals surface area contributed by atoms with Crippen LogP contribution in [0.4, 0.5) is 4.79 Å². The molecular weight excluding hydrogens is 453 g/mol. The van der Waals surface area contributed by atoms with E-state index in [1.165, 1.54) is 13.2 Å². The van der Waals surface area contributed by atoms with Crippen molar-refractivity contribution in [1.29, 1.82) is 0 Å². The molecule has 1 heterocycles. The van der Waals surface area contributed by atoms with Crippen LogP contribution in [0.2, 0.25) is 0 Å². The minimum atomic E-state index is -1.10. The number of amides is 3. The first-order chi connectivity index (χ1) is 16.5. The normalized spacial score (nSPS) is 28.9. The van der Waals surface area contributed by atoms with Crippen LogP contribution in [-0.4, -0.2) is 61.4 Å². The first kappa shape index (κ1) is 25.3. The van der Waals surface area contributed by atoms with Crippen molar-refractivity contribution in [2.24, 2.45) is 23.0 Å². The number of urea groups is 1. The molecule has 1 aromatic carbocycles. The van der Waals surface area contributed by atoms with E-state index >= 15 is 0 Å². The smallest absolute Gasteiger partial charge is 0.482 e. The number of nitrogens with two attached hydrogens (primary N) is 1. The lowest BCUT2D eigenvalue weighted by Gasteiger charge is -2.64. The molecule has 5 atom stereocenters. The Hall–Kier alpha value is -2.79. The number of rotatable bonds is 9. The van der Waals surface area contributed by atoms with Gasteiger partial charge in [-0.3, -0.25) is 4.79 Å². The van der Waals surface area contributed by atoms with Crippen LogP contribution in [-0.2, 0) is 20.5 Å². The van der Waals surface area contributed by atoms with Crippen LogP contribution in [0.3, 0.4) is 0 Å². The molecule has 11 heteroatoms. The second-order valence-corrected chi connectivity index (χ2v) is 10.6. The summed E-state index contributed by atoms with van der Waals surface area (Å²) in [4.78, 5) is 35.4. The van der Waals surface area contributed by atoms with Gasteiger partial charge in [-0.05, 0) is 55.1 Å². The highest BCUT2D eigenvalue weighted by atomic mass is 16.7. The minimum Gasteiger partial charge on any atom is -0.496 e. The number of carbonyl (C=O) groups is 3. The number of methoxy groups -OCH3 is 1. The van der Waals surface area contributed by atoms with Gasteiger partial charge in [0.15, 0.2) is 0 Å². The molecule has 35 heavy (non-hydrogen) atoms. The Morgan fingerprint density at radius 3 is 2.66 bits per heavy atom. The van der Waals surface area contributed by atoms with Crippen molar-refractivity contribution in [3.8, 4) is 5.75 Å². The van der Waals surface area contributed by atoms with Gasteiger partial charge in [-0.1, -0.05) is 26.0 Å². The Kier molecular flexibility index (Phi) is 6.76. The lowest BCUT2D eigenvalue weighted by molar-refractivity contribution is -0.199. The zero-order valence-corrected chi connectivity index (χ0v) is 20.6. The van der Waals surface area contributed by atoms with Crippen LogP contribution >= 0.6 is 0 Å². The van der Waals surface area contributed by atoms with Crippen LogP contribution in [0.25, 0.3) is 0 Å². The SMILES string of the molecule is COc1c(CC(NC(=O)CCNC(N)=O)B2OC3CC4CC(C4(C)C)C3(C)O2)cccc1C(=O)O. The second-order valence-electron chi connectivity index (χ2n) is 10.6. The molecule has 2 bridgehead atoms. The summed E-state index contributed by atoms with van der Waals surface area (Å²) in [6.45, 7) is 6.74. The van der Waals surface area contributed by atoms with Gasteiger partial charge in [0.25, 0.3) is 0 Å². The number of para-hydroxylation sites is 1. The number of benzene rings is 1. The summed E-state index contributed by atoms with van der Waals surface area (Å²) in [6, 6.07) is 4.18. The molecule has 0 spiro atoms. The quantitative estimate of drug-likeness (QED) is 0.388. The van der Waals surface area contributed by atoms with E-state index in [0.29, 0.717) is 17.4 Å². The fourth-order valence-corrected chi connectivity index (χ4v) is 6.26.